The molecular formula is C15H26N2O2S. The molecule has 1 unspecified atom stereocenters. The van der Waals surface area contributed by atoms with Crippen molar-refractivity contribution in [3.05, 3.63) is 15.6 Å². The largest absolute Gasteiger partial charge is 0.481 e. The number of carboxylic acid groups (broad SMARTS) is 1. The lowest BCUT2D eigenvalue weighted by Crippen LogP contribution is -2.29. The fourth-order valence-corrected chi connectivity index (χ4v) is 3.45. The molecule has 0 amide bonds. The third-order valence-electron chi connectivity index (χ3n) is 3.25. The normalized spacial score (nSPS) is 12.8. The number of carboxylic acids is 1. The minimum Gasteiger partial charge on any atom is -0.481 e. The van der Waals surface area contributed by atoms with Gasteiger partial charge in [-0.2, -0.15) is 0 Å². The van der Waals surface area contributed by atoms with Crippen LogP contribution in [0.1, 0.15) is 55.1 Å². The summed E-state index contributed by atoms with van der Waals surface area (Å²) in [6.07, 6.45) is 2.41. The molecule has 1 N–H and O–H groups in total. The Labute approximate surface area is 125 Å². The van der Waals surface area contributed by atoms with Crippen molar-refractivity contribution in [2.45, 2.75) is 52.9 Å². The second kappa shape index (κ2) is 8.37. The molecule has 1 rings (SSSR count). The Hall–Kier alpha value is -0.940. The predicted octanol–water partition coefficient (Wildman–Crippen LogP) is 3.30. The molecule has 5 heteroatoms. The Morgan fingerprint density at radius 2 is 1.95 bits per heavy atom. The van der Waals surface area contributed by atoms with Crippen molar-refractivity contribution in [2.24, 2.45) is 0 Å². The highest BCUT2D eigenvalue weighted by molar-refractivity contribution is 7.11. The van der Waals surface area contributed by atoms with Gasteiger partial charge in [-0.25, -0.2) is 4.98 Å². The zero-order valence-electron chi connectivity index (χ0n) is 13.0. The Morgan fingerprint density at radius 3 is 2.45 bits per heavy atom. The van der Waals surface area contributed by atoms with E-state index in [-0.39, 0.29) is 6.42 Å². The lowest BCUT2D eigenvalue weighted by Gasteiger charge is -2.23. The van der Waals surface area contributed by atoms with Crippen molar-refractivity contribution >= 4 is 17.3 Å². The average Bonchev–Trinajstić information content (AvgIpc) is 2.71. The predicted molar refractivity (Wildman–Crippen MR) is 83.6 cm³/mol. The monoisotopic (exact) mass is 298 g/mol. The second-order valence-corrected chi connectivity index (χ2v) is 6.45. The third-order valence-corrected chi connectivity index (χ3v) is 4.64. The third kappa shape index (κ3) is 5.21. The number of aromatic nitrogens is 1. The summed E-state index contributed by atoms with van der Waals surface area (Å²) >= 11 is 1.56. The number of aryl methyl sites for hydroxylation is 1. The maximum Gasteiger partial charge on any atom is 0.308 e. The molecular weight excluding hydrogens is 272 g/mol. The summed E-state index contributed by atoms with van der Waals surface area (Å²) < 4.78 is 0. The van der Waals surface area contributed by atoms with Gasteiger partial charge in [0.1, 0.15) is 0 Å². The molecule has 0 spiro atoms. The van der Waals surface area contributed by atoms with Gasteiger partial charge in [0.15, 0.2) is 0 Å². The first-order chi connectivity index (χ1) is 9.47. The van der Waals surface area contributed by atoms with E-state index in [0.717, 1.165) is 48.1 Å². The first-order valence-electron chi connectivity index (χ1n) is 7.38. The summed E-state index contributed by atoms with van der Waals surface area (Å²) in [5.41, 5.74) is 0.872. The molecule has 114 valence electrons. The highest BCUT2D eigenvalue weighted by Crippen LogP contribution is 2.26. The second-order valence-electron chi connectivity index (χ2n) is 5.33. The zero-order chi connectivity index (χ0) is 15.1. The molecule has 1 heterocycles. The van der Waals surface area contributed by atoms with Crippen LogP contribution in [0.15, 0.2) is 0 Å². The highest BCUT2D eigenvalue weighted by atomic mass is 32.1. The molecule has 0 radical (unpaired) electrons. The maximum absolute atomic E-state index is 10.8. The van der Waals surface area contributed by atoms with Crippen LogP contribution < -0.4 is 0 Å². The van der Waals surface area contributed by atoms with Gasteiger partial charge < -0.3 is 10.0 Å². The Balaban J connectivity index is 2.70. The number of hydrogen-bond donors (Lipinski definition) is 1. The van der Waals surface area contributed by atoms with Crippen molar-refractivity contribution in [3.63, 3.8) is 0 Å². The molecule has 1 aromatic rings. The summed E-state index contributed by atoms with van der Waals surface area (Å²) in [7, 11) is 0. The van der Waals surface area contributed by atoms with Gasteiger partial charge in [0.2, 0.25) is 0 Å². The summed E-state index contributed by atoms with van der Waals surface area (Å²) in [6.45, 7) is 11.7. The van der Waals surface area contributed by atoms with Crippen LogP contribution in [0.3, 0.4) is 0 Å². The molecule has 0 bridgehead atoms. The lowest BCUT2D eigenvalue weighted by atomic mass is 10.1. The highest BCUT2D eigenvalue weighted by Gasteiger charge is 2.17. The summed E-state index contributed by atoms with van der Waals surface area (Å²) in [5.74, 6) is -0.422. The van der Waals surface area contributed by atoms with Gasteiger partial charge in [-0.15, -0.1) is 11.3 Å². The smallest absolute Gasteiger partial charge is 0.308 e. The first kappa shape index (κ1) is 17.1. The van der Waals surface area contributed by atoms with Gasteiger partial charge in [0, 0.05) is 17.3 Å². The quantitative estimate of drug-likeness (QED) is 0.760. The molecule has 0 aliphatic carbocycles. The van der Waals surface area contributed by atoms with Crippen LogP contribution in [0.4, 0.5) is 0 Å². The number of nitrogens with zero attached hydrogens (tertiary/aromatic N) is 2. The molecule has 1 aromatic heterocycles. The fourth-order valence-electron chi connectivity index (χ4n) is 2.35. The van der Waals surface area contributed by atoms with E-state index in [1.165, 1.54) is 0 Å². The molecule has 20 heavy (non-hydrogen) atoms. The SMILES string of the molecule is CCCN(CCC)CC(C)c1nc(C)c(CC(=O)O)s1. The number of carbonyl (C=O) groups is 1. The van der Waals surface area contributed by atoms with Gasteiger partial charge >= 0.3 is 5.97 Å². The number of rotatable bonds is 9. The molecule has 0 saturated carbocycles. The van der Waals surface area contributed by atoms with Crippen LogP contribution in [-0.4, -0.2) is 40.6 Å². The first-order valence-corrected chi connectivity index (χ1v) is 8.19. The van der Waals surface area contributed by atoms with Crippen LogP contribution >= 0.6 is 11.3 Å². The number of hydrogen-bond acceptors (Lipinski definition) is 4. The van der Waals surface area contributed by atoms with E-state index in [4.69, 9.17) is 5.11 Å². The van der Waals surface area contributed by atoms with E-state index in [0.29, 0.717) is 5.92 Å². The summed E-state index contributed by atoms with van der Waals surface area (Å²) in [6, 6.07) is 0. The van der Waals surface area contributed by atoms with E-state index < -0.39 is 5.97 Å². The molecule has 0 aliphatic heterocycles. The van der Waals surface area contributed by atoms with Gasteiger partial charge in [-0.05, 0) is 32.9 Å². The van der Waals surface area contributed by atoms with Crippen LogP contribution in [0.2, 0.25) is 0 Å². The van der Waals surface area contributed by atoms with Crippen LogP contribution in [0.5, 0.6) is 0 Å². The van der Waals surface area contributed by atoms with Crippen LogP contribution in [-0.2, 0) is 11.2 Å². The Bertz CT molecular complexity index is 426. The number of thiazole rings is 1. The molecule has 0 aliphatic rings. The van der Waals surface area contributed by atoms with Crippen molar-refractivity contribution in [1.29, 1.82) is 0 Å². The Morgan fingerprint density at radius 1 is 1.35 bits per heavy atom. The maximum atomic E-state index is 10.8. The van der Waals surface area contributed by atoms with Crippen molar-refractivity contribution in [3.8, 4) is 0 Å². The van der Waals surface area contributed by atoms with E-state index >= 15 is 0 Å². The minimum absolute atomic E-state index is 0.0872. The molecule has 0 saturated heterocycles. The van der Waals surface area contributed by atoms with Crippen molar-refractivity contribution in [1.82, 2.24) is 9.88 Å². The van der Waals surface area contributed by atoms with Crippen molar-refractivity contribution < 1.29 is 9.90 Å². The van der Waals surface area contributed by atoms with Gasteiger partial charge in [-0.1, -0.05) is 20.8 Å². The topological polar surface area (TPSA) is 53.4 Å². The minimum atomic E-state index is -0.783. The molecule has 0 fully saturated rings. The van der Waals surface area contributed by atoms with Gasteiger partial charge in [-0.3, -0.25) is 4.79 Å². The van der Waals surface area contributed by atoms with Gasteiger partial charge in [0.05, 0.1) is 17.1 Å². The summed E-state index contributed by atoms with van der Waals surface area (Å²) in [4.78, 5) is 18.7. The number of aliphatic carboxylic acids is 1. The molecule has 1 atom stereocenters. The zero-order valence-corrected chi connectivity index (χ0v) is 13.8. The lowest BCUT2D eigenvalue weighted by molar-refractivity contribution is -0.136. The van der Waals surface area contributed by atoms with E-state index in [2.05, 4.69) is 30.7 Å². The Kier molecular flexibility index (Phi) is 7.16. The van der Waals surface area contributed by atoms with E-state index in [1.54, 1.807) is 11.3 Å². The molecule has 4 nitrogen and oxygen atoms in total. The fraction of sp³-hybridized carbons (Fsp3) is 0.733. The van der Waals surface area contributed by atoms with Gasteiger partial charge in [0.25, 0.3) is 0 Å². The summed E-state index contributed by atoms with van der Waals surface area (Å²) in [5, 5.41) is 9.96. The van der Waals surface area contributed by atoms with Crippen LogP contribution in [0, 0.1) is 6.92 Å². The van der Waals surface area contributed by atoms with Crippen molar-refractivity contribution in [2.75, 3.05) is 19.6 Å². The standard InChI is InChI=1S/C15H26N2O2S/c1-5-7-17(8-6-2)10-11(3)15-16-12(4)13(20-15)9-14(18)19/h11H,5-10H2,1-4H3,(H,18,19). The van der Waals surface area contributed by atoms with E-state index in [9.17, 15) is 4.79 Å². The molecule has 0 aromatic carbocycles. The van der Waals surface area contributed by atoms with E-state index in [1.807, 2.05) is 6.92 Å². The van der Waals surface area contributed by atoms with Crippen LogP contribution in [0.25, 0.3) is 0 Å². The average molecular weight is 298 g/mol.